The Morgan fingerprint density at radius 3 is 2.72 bits per heavy atom. The topological polar surface area (TPSA) is 67.2 Å². The van der Waals surface area contributed by atoms with E-state index in [1.54, 1.807) is 6.33 Å². The highest BCUT2D eigenvalue weighted by molar-refractivity contribution is 14.1. The molecule has 7 heteroatoms. The van der Waals surface area contributed by atoms with Gasteiger partial charge >= 0.3 is 5.97 Å². The van der Waals surface area contributed by atoms with Gasteiger partial charge in [0, 0.05) is 0 Å². The molecule has 1 atom stereocenters. The molecule has 2 rings (SSSR count). The smallest absolute Gasteiger partial charge is 0.326 e. The van der Waals surface area contributed by atoms with Crippen LogP contribution < -0.4 is 5.32 Å². The van der Waals surface area contributed by atoms with E-state index in [1.807, 2.05) is 11.5 Å². The number of carboxylic acid groups (broad SMARTS) is 1. The summed E-state index contributed by atoms with van der Waals surface area (Å²) in [6, 6.07) is 0. The van der Waals surface area contributed by atoms with E-state index >= 15 is 0 Å². The summed E-state index contributed by atoms with van der Waals surface area (Å²) in [6.45, 7) is 3.04. The fourth-order valence-electron chi connectivity index (χ4n) is 2.26. The molecule has 0 spiro atoms. The van der Waals surface area contributed by atoms with Gasteiger partial charge in [0.15, 0.2) is 0 Å². The normalized spacial score (nSPS) is 18.6. The second kappa shape index (κ2) is 5.61. The molecule has 0 radical (unpaired) electrons. The Balaban J connectivity index is 2.29. The molecule has 1 saturated carbocycles. The van der Waals surface area contributed by atoms with E-state index in [0.29, 0.717) is 13.1 Å². The summed E-state index contributed by atoms with van der Waals surface area (Å²) in [7, 11) is 0. The number of hydrogen-bond donors (Lipinski definition) is 2. The molecule has 0 aromatic carbocycles. The van der Waals surface area contributed by atoms with Crippen molar-refractivity contribution in [2.45, 2.75) is 31.8 Å². The molecule has 0 saturated heterocycles. The monoisotopic (exact) mass is 475 g/mol. The standard InChI is InChI=1S/C11H15I2N3O2/c1-2-15-11(10(17)18,7-3-4-7)5-16-6-14-8(12)9(16)13/h6-7,15H,2-5H2,1H3,(H,17,18). The summed E-state index contributed by atoms with van der Waals surface area (Å²) >= 11 is 4.37. The van der Waals surface area contributed by atoms with Gasteiger partial charge in [-0.3, -0.25) is 4.79 Å². The summed E-state index contributed by atoms with van der Waals surface area (Å²) in [5.74, 6) is -0.530. The molecule has 1 fully saturated rings. The molecule has 18 heavy (non-hydrogen) atoms. The minimum Gasteiger partial charge on any atom is -0.480 e. The molecule has 2 N–H and O–H groups in total. The third-order valence-corrected chi connectivity index (χ3v) is 6.25. The van der Waals surface area contributed by atoms with Gasteiger partial charge in [0.25, 0.3) is 0 Å². The first-order chi connectivity index (χ1) is 8.51. The van der Waals surface area contributed by atoms with Gasteiger partial charge in [0.1, 0.15) is 12.9 Å². The van der Waals surface area contributed by atoms with E-state index in [2.05, 4.69) is 55.5 Å². The lowest BCUT2D eigenvalue weighted by Gasteiger charge is -2.31. The first kappa shape index (κ1) is 14.5. The predicted octanol–water partition coefficient (Wildman–Crippen LogP) is 1.94. The van der Waals surface area contributed by atoms with Crippen molar-refractivity contribution < 1.29 is 9.90 Å². The minimum absolute atomic E-state index is 0.228. The SMILES string of the molecule is CCNC(Cn1cnc(I)c1I)(C(=O)O)C1CC1. The van der Waals surface area contributed by atoms with Crippen LogP contribution in [-0.2, 0) is 11.3 Å². The van der Waals surface area contributed by atoms with E-state index in [0.717, 1.165) is 20.2 Å². The summed E-state index contributed by atoms with van der Waals surface area (Å²) in [6.07, 6.45) is 3.70. The van der Waals surface area contributed by atoms with Crippen molar-refractivity contribution in [2.24, 2.45) is 5.92 Å². The van der Waals surface area contributed by atoms with Crippen LogP contribution in [0.2, 0.25) is 0 Å². The molecular weight excluding hydrogens is 460 g/mol. The molecule has 5 nitrogen and oxygen atoms in total. The van der Waals surface area contributed by atoms with Crippen molar-refractivity contribution in [3.05, 3.63) is 13.7 Å². The third kappa shape index (κ3) is 2.67. The number of nitrogens with one attached hydrogen (secondary N) is 1. The van der Waals surface area contributed by atoms with Crippen LogP contribution in [0.15, 0.2) is 6.33 Å². The van der Waals surface area contributed by atoms with E-state index in [4.69, 9.17) is 0 Å². The summed E-state index contributed by atoms with van der Waals surface area (Å²) in [5, 5.41) is 12.8. The van der Waals surface area contributed by atoms with Crippen molar-refractivity contribution in [1.29, 1.82) is 0 Å². The van der Waals surface area contributed by atoms with Crippen LogP contribution in [0.5, 0.6) is 0 Å². The maximum Gasteiger partial charge on any atom is 0.326 e. The Morgan fingerprint density at radius 2 is 2.33 bits per heavy atom. The number of likely N-dealkylation sites (N-methyl/N-ethyl adjacent to an activating group) is 1. The van der Waals surface area contributed by atoms with Crippen molar-refractivity contribution in [3.8, 4) is 0 Å². The Hall–Kier alpha value is 0.1000. The maximum absolute atomic E-state index is 11.7. The molecular formula is C11H15I2N3O2. The molecule has 1 heterocycles. The van der Waals surface area contributed by atoms with E-state index < -0.39 is 11.5 Å². The van der Waals surface area contributed by atoms with Crippen LogP contribution in [0.4, 0.5) is 0 Å². The van der Waals surface area contributed by atoms with Crippen LogP contribution in [0.1, 0.15) is 19.8 Å². The fraction of sp³-hybridized carbons (Fsp3) is 0.636. The average Bonchev–Trinajstić information content (AvgIpc) is 3.11. The zero-order chi connectivity index (χ0) is 13.3. The quantitative estimate of drug-likeness (QED) is 0.618. The van der Waals surface area contributed by atoms with Crippen molar-refractivity contribution >= 4 is 51.2 Å². The van der Waals surface area contributed by atoms with Crippen molar-refractivity contribution in [1.82, 2.24) is 14.9 Å². The van der Waals surface area contributed by atoms with Crippen LogP contribution in [0.25, 0.3) is 0 Å². The van der Waals surface area contributed by atoms with Gasteiger partial charge in [0.05, 0.1) is 12.9 Å². The second-order valence-corrected chi connectivity index (χ2v) is 6.58. The zero-order valence-electron chi connectivity index (χ0n) is 9.99. The number of hydrogen-bond acceptors (Lipinski definition) is 3. The van der Waals surface area contributed by atoms with Gasteiger partial charge in [-0.2, -0.15) is 0 Å². The zero-order valence-corrected chi connectivity index (χ0v) is 14.3. The molecule has 1 aliphatic carbocycles. The summed E-state index contributed by atoms with van der Waals surface area (Å²) < 4.78 is 3.84. The number of nitrogens with zero attached hydrogens (tertiary/aromatic N) is 2. The van der Waals surface area contributed by atoms with E-state index in [9.17, 15) is 9.90 Å². The Kier molecular flexibility index (Phi) is 4.52. The molecule has 1 aromatic heterocycles. The second-order valence-electron chi connectivity index (χ2n) is 4.54. The van der Waals surface area contributed by atoms with Crippen LogP contribution >= 0.6 is 45.2 Å². The molecule has 1 unspecified atom stereocenters. The Labute approximate surface area is 133 Å². The Morgan fingerprint density at radius 1 is 1.67 bits per heavy atom. The van der Waals surface area contributed by atoms with Crippen LogP contribution in [0.3, 0.4) is 0 Å². The molecule has 0 aliphatic heterocycles. The van der Waals surface area contributed by atoms with Gasteiger partial charge in [0.2, 0.25) is 0 Å². The number of rotatable bonds is 6. The molecule has 0 bridgehead atoms. The van der Waals surface area contributed by atoms with Crippen LogP contribution in [-0.4, -0.2) is 32.7 Å². The van der Waals surface area contributed by atoms with Gasteiger partial charge < -0.3 is 15.0 Å². The highest BCUT2D eigenvalue weighted by Gasteiger charge is 2.51. The number of aliphatic carboxylic acids is 1. The van der Waals surface area contributed by atoms with Gasteiger partial charge in [-0.25, -0.2) is 4.98 Å². The Bertz CT molecular complexity index is 459. The fourth-order valence-corrected chi connectivity index (χ4v) is 3.13. The summed E-state index contributed by atoms with van der Waals surface area (Å²) in [4.78, 5) is 15.9. The highest BCUT2D eigenvalue weighted by Crippen LogP contribution is 2.41. The first-order valence-corrected chi connectivity index (χ1v) is 8.01. The average molecular weight is 475 g/mol. The molecule has 100 valence electrons. The number of carbonyl (C=O) groups is 1. The van der Waals surface area contributed by atoms with Gasteiger partial charge in [-0.1, -0.05) is 6.92 Å². The lowest BCUT2D eigenvalue weighted by molar-refractivity contribution is -0.146. The lowest BCUT2D eigenvalue weighted by atomic mass is 9.93. The predicted molar refractivity (Wildman–Crippen MR) is 84.4 cm³/mol. The van der Waals surface area contributed by atoms with Crippen molar-refractivity contribution in [2.75, 3.05) is 6.54 Å². The number of carboxylic acids is 1. The maximum atomic E-state index is 11.7. The van der Waals surface area contributed by atoms with Crippen molar-refractivity contribution in [3.63, 3.8) is 0 Å². The van der Waals surface area contributed by atoms with Gasteiger partial charge in [-0.15, -0.1) is 0 Å². The van der Waals surface area contributed by atoms with Gasteiger partial charge in [-0.05, 0) is 70.5 Å². The minimum atomic E-state index is -0.849. The first-order valence-electron chi connectivity index (χ1n) is 5.85. The van der Waals surface area contributed by atoms with E-state index in [1.165, 1.54) is 0 Å². The molecule has 1 aromatic rings. The third-order valence-electron chi connectivity index (χ3n) is 3.30. The number of imidazole rings is 1. The number of halogens is 2. The molecule has 1 aliphatic rings. The number of aromatic nitrogens is 2. The van der Waals surface area contributed by atoms with E-state index in [-0.39, 0.29) is 5.92 Å². The summed E-state index contributed by atoms with van der Waals surface area (Å²) in [5.41, 5.74) is -0.849. The highest BCUT2D eigenvalue weighted by atomic mass is 127. The van der Waals surface area contributed by atoms with Crippen LogP contribution in [0, 0.1) is 13.3 Å². The molecule has 0 amide bonds. The largest absolute Gasteiger partial charge is 0.480 e. The lowest BCUT2D eigenvalue weighted by Crippen LogP contribution is -2.57.